The number of rotatable bonds is 7. The third kappa shape index (κ3) is 4.72. The second-order valence-corrected chi connectivity index (χ2v) is 4.64. The summed E-state index contributed by atoms with van der Waals surface area (Å²) in [6.07, 6.45) is 1.60. The molecule has 16 heavy (non-hydrogen) atoms. The average Bonchev–Trinajstić information content (AvgIpc) is 2.59. The van der Waals surface area contributed by atoms with Crippen LogP contribution in [0, 0.1) is 5.92 Å². The van der Waals surface area contributed by atoms with Gasteiger partial charge in [-0.1, -0.05) is 13.8 Å². The Hall–Kier alpha value is -0.940. The van der Waals surface area contributed by atoms with Crippen LogP contribution in [0.25, 0.3) is 0 Å². The van der Waals surface area contributed by atoms with Crippen LogP contribution in [0.2, 0.25) is 0 Å². The minimum absolute atomic E-state index is 0.712. The highest BCUT2D eigenvalue weighted by Crippen LogP contribution is 1.96. The summed E-state index contributed by atoms with van der Waals surface area (Å²) in [5.74, 6) is 1.72. The summed E-state index contributed by atoms with van der Waals surface area (Å²) in [4.78, 5) is 6.45. The van der Waals surface area contributed by atoms with Crippen molar-refractivity contribution in [3.8, 4) is 0 Å². The van der Waals surface area contributed by atoms with Crippen molar-refractivity contribution in [2.45, 2.75) is 20.4 Å². The minimum atomic E-state index is 0.712. The standard InChI is InChI=1S/C11H23N5/c1-10(2)7-12-5-6-15(3)8-11-13-9-14-16(11)4/h9-10,12H,5-8H2,1-4H3. The van der Waals surface area contributed by atoms with Crippen molar-refractivity contribution >= 4 is 0 Å². The molecule has 1 heterocycles. The first-order chi connectivity index (χ1) is 7.59. The molecule has 0 bridgehead atoms. The summed E-state index contributed by atoms with van der Waals surface area (Å²) in [7, 11) is 4.03. The molecule has 0 fully saturated rings. The van der Waals surface area contributed by atoms with Crippen LogP contribution >= 0.6 is 0 Å². The van der Waals surface area contributed by atoms with Crippen LogP contribution in [0.5, 0.6) is 0 Å². The van der Waals surface area contributed by atoms with Crippen LogP contribution in [0.3, 0.4) is 0 Å². The molecular formula is C11H23N5. The Morgan fingerprint density at radius 3 is 2.81 bits per heavy atom. The maximum Gasteiger partial charge on any atom is 0.140 e. The van der Waals surface area contributed by atoms with Gasteiger partial charge in [0, 0.05) is 20.1 Å². The van der Waals surface area contributed by atoms with E-state index in [4.69, 9.17) is 0 Å². The third-order valence-corrected chi connectivity index (χ3v) is 2.44. The van der Waals surface area contributed by atoms with Crippen LogP contribution in [0.15, 0.2) is 6.33 Å². The van der Waals surface area contributed by atoms with E-state index in [1.54, 1.807) is 6.33 Å². The summed E-state index contributed by atoms with van der Waals surface area (Å²) in [5, 5.41) is 7.48. The highest BCUT2D eigenvalue weighted by molar-refractivity contribution is 4.82. The van der Waals surface area contributed by atoms with Crippen LogP contribution in [0.1, 0.15) is 19.7 Å². The zero-order chi connectivity index (χ0) is 12.0. The number of hydrogen-bond donors (Lipinski definition) is 1. The van der Waals surface area contributed by atoms with E-state index in [1.165, 1.54) is 0 Å². The minimum Gasteiger partial charge on any atom is -0.315 e. The summed E-state index contributed by atoms with van der Waals surface area (Å²) in [5.41, 5.74) is 0. The van der Waals surface area contributed by atoms with Gasteiger partial charge in [-0.05, 0) is 19.5 Å². The molecule has 5 nitrogen and oxygen atoms in total. The Balaban J connectivity index is 2.16. The molecule has 1 aromatic rings. The normalized spacial score (nSPS) is 11.6. The SMILES string of the molecule is CC(C)CNCCN(C)Cc1ncnn1C. The monoisotopic (exact) mass is 225 g/mol. The van der Waals surface area contributed by atoms with Gasteiger partial charge in [0.05, 0.1) is 6.54 Å². The molecule has 1 N–H and O–H groups in total. The average molecular weight is 225 g/mol. The summed E-state index contributed by atoms with van der Waals surface area (Å²) in [6, 6.07) is 0. The van der Waals surface area contributed by atoms with Gasteiger partial charge in [0.15, 0.2) is 0 Å². The quantitative estimate of drug-likeness (QED) is 0.686. The number of likely N-dealkylation sites (N-methyl/N-ethyl adjacent to an activating group) is 1. The lowest BCUT2D eigenvalue weighted by molar-refractivity contribution is 0.309. The van der Waals surface area contributed by atoms with Crippen molar-refractivity contribution in [2.24, 2.45) is 13.0 Å². The molecule has 0 aliphatic carbocycles. The van der Waals surface area contributed by atoms with E-state index in [0.29, 0.717) is 5.92 Å². The van der Waals surface area contributed by atoms with Crippen molar-refractivity contribution < 1.29 is 0 Å². The van der Waals surface area contributed by atoms with Gasteiger partial charge >= 0.3 is 0 Å². The molecule has 0 saturated heterocycles. The number of nitrogens with one attached hydrogen (secondary N) is 1. The number of aromatic nitrogens is 3. The van der Waals surface area contributed by atoms with Crippen molar-refractivity contribution in [1.82, 2.24) is 25.0 Å². The number of aryl methyl sites for hydroxylation is 1. The Bertz CT molecular complexity index is 294. The van der Waals surface area contributed by atoms with E-state index in [2.05, 4.69) is 41.2 Å². The van der Waals surface area contributed by atoms with E-state index < -0.39 is 0 Å². The van der Waals surface area contributed by atoms with Crippen molar-refractivity contribution in [2.75, 3.05) is 26.7 Å². The fourth-order valence-corrected chi connectivity index (χ4v) is 1.44. The first-order valence-corrected chi connectivity index (χ1v) is 5.81. The molecule has 0 aliphatic heterocycles. The summed E-state index contributed by atoms with van der Waals surface area (Å²) in [6.45, 7) is 8.41. The Kier molecular flexibility index (Phi) is 5.42. The summed E-state index contributed by atoms with van der Waals surface area (Å²) >= 11 is 0. The van der Waals surface area contributed by atoms with Crippen molar-refractivity contribution in [3.05, 3.63) is 12.2 Å². The molecule has 0 atom stereocenters. The number of nitrogens with zero attached hydrogens (tertiary/aromatic N) is 4. The zero-order valence-electron chi connectivity index (χ0n) is 10.8. The topological polar surface area (TPSA) is 46.0 Å². The van der Waals surface area contributed by atoms with Gasteiger partial charge in [-0.3, -0.25) is 9.58 Å². The molecule has 0 radical (unpaired) electrons. The molecule has 1 aromatic heterocycles. The summed E-state index contributed by atoms with van der Waals surface area (Å²) < 4.78 is 1.82. The van der Waals surface area contributed by atoms with Crippen LogP contribution in [-0.2, 0) is 13.6 Å². The fraction of sp³-hybridized carbons (Fsp3) is 0.818. The molecule has 5 heteroatoms. The molecule has 0 amide bonds. The van der Waals surface area contributed by atoms with Gasteiger partial charge in [0.25, 0.3) is 0 Å². The van der Waals surface area contributed by atoms with Gasteiger partial charge in [-0.25, -0.2) is 4.98 Å². The van der Waals surface area contributed by atoms with Crippen LogP contribution < -0.4 is 5.32 Å². The zero-order valence-corrected chi connectivity index (χ0v) is 10.8. The van der Waals surface area contributed by atoms with E-state index in [9.17, 15) is 0 Å². The second-order valence-electron chi connectivity index (χ2n) is 4.64. The Labute approximate surface area is 97.9 Å². The largest absolute Gasteiger partial charge is 0.315 e. The lowest BCUT2D eigenvalue weighted by Gasteiger charge is -2.16. The van der Waals surface area contributed by atoms with Gasteiger partial charge in [0.1, 0.15) is 12.2 Å². The molecule has 1 rings (SSSR count). The highest BCUT2D eigenvalue weighted by atomic mass is 15.3. The molecule has 0 aromatic carbocycles. The molecule has 0 aliphatic rings. The Morgan fingerprint density at radius 2 is 2.25 bits per heavy atom. The predicted molar refractivity (Wildman–Crippen MR) is 65.0 cm³/mol. The third-order valence-electron chi connectivity index (χ3n) is 2.44. The van der Waals surface area contributed by atoms with Crippen LogP contribution in [0.4, 0.5) is 0 Å². The van der Waals surface area contributed by atoms with Crippen LogP contribution in [-0.4, -0.2) is 46.3 Å². The number of hydrogen-bond acceptors (Lipinski definition) is 4. The van der Waals surface area contributed by atoms with Gasteiger partial charge in [-0.2, -0.15) is 5.10 Å². The Morgan fingerprint density at radius 1 is 1.50 bits per heavy atom. The van der Waals surface area contributed by atoms with Crippen molar-refractivity contribution in [3.63, 3.8) is 0 Å². The van der Waals surface area contributed by atoms with Crippen molar-refractivity contribution in [1.29, 1.82) is 0 Å². The van der Waals surface area contributed by atoms with E-state index in [-0.39, 0.29) is 0 Å². The lowest BCUT2D eigenvalue weighted by Crippen LogP contribution is -2.31. The van der Waals surface area contributed by atoms with E-state index >= 15 is 0 Å². The second kappa shape index (κ2) is 6.60. The van der Waals surface area contributed by atoms with Gasteiger partial charge < -0.3 is 5.32 Å². The molecule has 0 unspecified atom stereocenters. The molecule has 0 spiro atoms. The molecular weight excluding hydrogens is 202 g/mol. The predicted octanol–water partition coefficient (Wildman–Crippen LogP) is 0.492. The molecule has 0 saturated carbocycles. The van der Waals surface area contributed by atoms with E-state index in [1.807, 2.05) is 11.7 Å². The van der Waals surface area contributed by atoms with Gasteiger partial charge in [-0.15, -0.1) is 0 Å². The van der Waals surface area contributed by atoms with Gasteiger partial charge in [0.2, 0.25) is 0 Å². The lowest BCUT2D eigenvalue weighted by atomic mass is 10.2. The van der Waals surface area contributed by atoms with E-state index in [0.717, 1.165) is 32.0 Å². The fourth-order valence-electron chi connectivity index (χ4n) is 1.44. The first kappa shape index (κ1) is 13.1. The highest BCUT2D eigenvalue weighted by Gasteiger charge is 2.04. The first-order valence-electron chi connectivity index (χ1n) is 5.81. The maximum atomic E-state index is 4.20. The maximum absolute atomic E-state index is 4.20. The smallest absolute Gasteiger partial charge is 0.140 e. The molecule has 92 valence electrons.